The zero-order valence-corrected chi connectivity index (χ0v) is 10.2. The number of benzene rings is 1. The van der Waals surface area contributed by atoms with Crippen molar-refractivity contribution in [2.45, 2.75) is 13.0 Å². The Balaban J connectivity index is 1.80. The first-order chi connectivity index (χ1) is 8.40. The molecule has 17 heavy (non-hydrogen) atoms. The number of hydrogen-bond donors (Lipinski definition) is 1. The van der Waals surface area contributed by atoms with Gasteiger partial charge in [0.2, 0.25) is 0 Å². The Kier molecular flexibility index (Phi) is 4.25. The Morgan fingerprint density at radius 2 is 2.24 bits per heavy atom. The number of aromatic nitrogens is 1. The molecule has 1 N–H and O–H groups in total. The molecular weight excluding hydrogens is 230 g/mol. The van der Waals surface area contributed by atoms with Crippen molar-refractivity contribution < 1.29 is 0 Å². The van der Waals surface area contributed by atoms with Gasteiger partial charge >= 0.3 is 0 Å². The fourth-order valence-electron chi connectivity index (χ4n) is 1.58. The molecule has 0 amide bonds. The lowest BCUT2D eigenvalue weighted by molar-refractivity contribution is 0.684. The van der Waals surface area contributed by atoms with Crippen molar-refractivity contribution in [1.29, 1.82) is 5.26 Å². The van der Waals surface area contributed by atoms with Crippen molar-refractivity contribution in [1.82, 2.24) is 10.3 Å². The van der Waals surface area contributed by atoms with Crippen molar-refractivity contribution in [3.63, 3.8) is 0 Å². The molecule has 1 aromatic heterocycles. The van der Waals surface area contributed by atoms with Gasteiger partial charge in [0, 0.05) is 31.1 Å². The summed E-state index contributed by atoms with van der Waals surface area (Å²) in [6, 6.07) is 9.87. The van der Waals surface area contributed by atoms with Gasteiger partial charge in [-0.1, -0.05) is 18.2 Å². The molecule has 0 atom stereocenters. The molecule has 0 radical (unpaired) electrons. The molecule has 0 spiro atoms. The standard InChI is InChI=1S/C13H13N3S/c14-9-11-3-1-2-4-12(11)10-15-6-5-13-16-7-8-17-13/h1-4,7-8,15H,5-6,10H2. The summed E-state index contributed by atoms with van der Waals surface area (Å²) < 4.78 is 0. The molecule has 1 heterocycles. The van der Waals surface area contributed by atoms with Crippen LogP contribution >= 0.6 is 11.3 Å². The fourth-order valence-corrected chi connectivity index (χ4v) is 2.20. The molecule has 86 valence electrons. The lowest BCUT2D eigenvalue weighted by atomic mass is 10.1. The van der Waals surface area contributed by atoms with Crippen LogP contribution < -0.4 is 5.32 Å². The van der Waals surface area contributed by atoms with E-state index in [-0.39, 0.29) is 0 Å². The minimum absolute atomic E-state index is 0.731. The molecule has 4 heteroatoms. The van der Waals surface area contributed by atoms with Gasteiger partial charge in [-0.25, -0.2) is 4.98 Å². The SMILES string of the molecule is N#Cc1ccccc1CNCCc1nccs1. The quantitative estimate of drug-likeness (QED) is 0.820. The van der Waals surface area contributed by atoms with Crippen LogP contribution in [0.1, 0.15) is 16.1 Å². The van der Waals surface area contributed by atoms with E-state index in [1.54, 1.807) is 11.3 Å². The van der Waals surface area contributed by atoms with Gasteiger partial charge in [-0.3, -0.25) is 0 Å². The molecule has 3 nitrogen and oxygen atoms in total. The van der Waals surface area contributed by atoms with E-state index in [0.717, 1.165) is 35.6 Å². The average molecular weight is 243 g/mol. The van der Waals surface area contributed by atoms with Crippen LogP contribution in [0.25, 0.3) is 0 Å². The monoisotopic (exact) mass is 243 g/mol. The van der Waals surface area contributed by atoms with E-state index >= 15 is 0 Å². The zero-order valence-electron chi connectivity index (χ0n) is 9.39. The van der Waals surface area contributed by atoms with Crippen LogP contribution in [0.4, 0.5) is 0 Å². The van der Waals surface area contributed by atoms with Gasteiger partial charge in [0.15, 0.2) is 0 Å². The van der Waals surface area contributed by atoms with Crippen LogP contribution in [0.15, 0.2) is 35.8 Å². The van der Waals surface area contributed by atoms with Gasteiger partial charge in [-0.15, -0.1) is 11.3 Å². The first kappa shape index (κ1) is 11.8. The van der Waals surface area contributed by atoms with Gasteiger partial charge in [-0.05, 0) is 11.6 Å². The van der Waals surface area contributed by atoms with Gasteiger partial charge in [0.05, 0.1) is 16.6 Å². The van der Waals surface area contributed by atoms with E-state index in [9.17, 15) is 0 Å². The largest absolute Gasteiger partial charge is 0.312 e. The minimum Gasteiger partial charge on any atom is -0.312 e. The van der Waals surface area contributed by atoms with Crippen LogP contribution in [0, 0.1) is 11.3 Å². The van der Waals surface area contributed by atoms with E-state index in [2.05, 4.69) is 16.4 Å². The molecule has 0 aliphatic rings. The molecule has 0 fully saturated rings. The molecule has 1 aromatic carbocycles. The third-order valence-electron chi connectivity index (χ3n) is 2.45. The second kappa shape index (κ2) is 6.14. The van der Waals surface area contributed by atoms with E-state index in [0.29, 0.717) is 0 Å². The van der Waals surface area contributed by atoms with Crippen LogP contribution in [-0.4, -0.2) is 11.5 Å². The summed E-state index contributed by atoms with van der Waals surface area (Å²) in [6.07, 6.45) is 2.76. The third-order valence-corrected chi connectivity index (χ3v) is 3.29. The number of nitrogens with zero attached hydrogens (tertiary/aromatic N) is 2. The van der Waals surface area contributed by atoms with Crippen LogP contribution in [-0.2, 0) is 13.0 Å². The van der Waals surface area contributed by atoms with Crippen molar-refractivity contribution in [3.8, 4) is 6.07 Å². The molecule has 0 bridgehead atoms. The Hall–Kier alpha value is -1.70. The predicted molar refractivity (Wildman–Crippen MR) is 68.7 cm³/mol. The smallest absolute Gasteiger partial charge is 0.0995 e. The third kappa shape index (κ3) is 3.38. The van der Waals surface area contributed by atoms with Gasteiger partial charge < -0.3 is 5.32 Å². The van der Waals surface area contributed by atoms with Gasteiger partial charge in [-0.2, -0.15) is 5.26 Å². The summed E-state index contributed by atoms with van der Waals surface area (Å²) in [6.45, 7) is 1.61. The number of thiazole rings is 1. The number of hydrogen-bond acceptors (Lipinski definition) is 4. The van der Waals surface area contributed by atoms with Crippen LogP contribution in [0.3, 0.4) is 0 Å². The maximum atomic E-state index is 8.94. The highest BCUT2D eigenvalue weighted by molar-refractivity contribution is 7.09. The number of nitrogens with one attached hydrogen (secondary N) is 1. The Labute approximate surface area is 105 Å². The second-order valence-electron chi connectivity index (χ2n) is 3.62. The van der Waals surface area contributed by atoms with Crippen LogP contribution in [0.2, 0.25) is 0 Å². The fraction of sp³-hybridized carbons (Fsp3) is 0.231. The Bertz CT molecular complexity index is 500. The highest BCUT2D eigenvalue weighted by Crippen LogP contribution is 2.07. The second-order valence-corrected chi connectivity index (χ2v) is 4.60. The van der Waals surface area contributed by atoms with Crippen molar-refractivity contribution in [2.24, 2.45) is 0 Å². The number of rotatable bonds is 5. The minimum atomic E-state index is 0.731. The maximum Gasteiger partial charge on any atom is 0.0995 e. The van der Waals surface area contributed by atoms with Crippen molar-refractivity contribution in [3.05, 3.63) is 52.0 Å². The van der Waals surface area contributed by atoms with Crippen molar-refractivity contribution >= 4 is 11.3 Å². The first-order valence-corrected chi connectivity index (χ1v) is 6.35. The summed E-state index contributed by atoms with van der Waals surface area (Å²) >= 11 is 1.67. The van der Waals surface area contributed by atoms with Crippen molar-refractivity contribution in [2.75, 3.05) is 6.54 Å². The topological polar surface area (TPSA) is 48.7 Å². The lowest BCUT2D eigenvalue weighted by Gasteiger charge is -2.05. The number of nitriles is 1. The molecule has 0 aliphatic carbocycles. The molecular formula is C13H13N3S. The molecule has 2 aromatic rings. The molecule has 0 saturated carbocycles. The summed E-state index contributed by atoms with van der Waals surface area (Å²) in [4.78, 5) is 4.22. The van der Waals surface area contributed by atoms with E-state index < -0.39 is 0 Å². The summed E-state index contributed by atoms with van der Waals surface area (Å²) in [5.41, 5.74) is 1.79. The predicted octanol–water partition coefficient (Wildman–Crippen LogP) is 2.35. The summed E-state index contributed by atoms with van der Waals surface area (Å²) in [7, 11) is 0. The van der Waals surface area contributed by atoms with Gasteiger partial charge in [0.25, 0.3) is 0 Å². The average Bonchev–Trinajstić information content (AvgIpc) is 2.88. The zero-order chi connectivity index (χ0) is 11.9. The Morgan fingerprint density at radius 3 is 3.00 bits per heavy atom. The van der Waals surface area contributed by atoms with E-state index in [1.807, 2.05) is 35.8 Å². The molecule has 2 rings (SSSR count). The summed E-state index contributed by atoms with van der Waals surface area (Å²) in [5, 5.41) is 15.4. The highest BCUT2D eigenvalue weighted by atomic mass is 32.1. The van der Waals surface area contributed by atoms with Crippen LogP contribution in [0.5, 0.6) is 0 Å². The lowest BCUT2D eigenvalue weighted by Crippen LogP contribution is -2.17. The molecule has 0 aliphatic heterocycles. The van der Waals surface area contributed by atoms with E-state index in [1.165, 1.54) is 0 Å². The van der Waals surface area contributed by atoms with Gasteiger partial charge in [0.1, 0.15) is 0 Å². The molecule has 0 unspecified atom stereocenters. The maximum absolute atomic E-state index is 8.94. The summed E-state index contributed by atoms with van der Waals surface area (Å²) in [5.74, 6) is 0. The molecule has 0 saturated heterocycles. The normalized spacial score (nSPS) is 10.1. The Morgan fingerprint density at radius 1 is 1.35 bits per heavy atom. The first-order valence-electron chi connectivity index (χ1n) is 5.47. The highest BCUT2D eigenvalue weighted by Gasteiger charge is 2.00. The van der Waals surface area contributed by atoms with E-state index in [4.69, 9.17) is 5.26 Å².